The molecule has 0 unspecified atom stereocenters. The Morgan fingerprint density at radius 1 is 1.13 bits per heavy atom. The molecule has 0 bridgehead atoms. The van der Waals surface area contributed by atoms with Gasteiger partial charge in [-0.2, -0.15) is 5.10 Å². The number of ether oxygens (including phenoxy) is 1. The first kappa shape index (κ1) is 19.7. The lowest BCUT2D eigenvalue weighted by molar-refractivity contribution is -0.123. The van der Waals surface area contributed by atoms with Crippen LogP contribution in [0, 0.1) is 0 Å². The zero-order chi connectivity index (χ0) is 21.3. The van der Waals surface area contributed by atoms with Crippen molar-refractivity contribution in [3.63, 3.8) is 0 Å². The van der Waals surface area contributed by atoms with Gasteiger partial charge in [0.15, 0.2) is 0 Å². The van der Waals surface area contributed by atoms with Crippen LogP contribution >= 0.6 is 0 Å². The SMILES string of the molecule is COc1ccccc1CCNC(=O)[C@H](C)n1c2ccccc2c2cnn(C)c(=O)c21. The van der Waals surface area contributed by atoms with Crippen LogP contribution in [-0.4, -0.2) is 33.9 Å². The van der Waals surface area contributed by atoms with E-state index in [1.165, 1.54) is 4.68 Å². The van der Waals surface area contributed by atoms with Gasteiger partial charge in [0.25, 0.3) is 5.56 Å². The van der Waals surface area contributed by atoms with Crippen molar-refractivity contribution in [3.8, 4) is 5.75 Å². The van der Waals surface area contributed by atoms with Gasteiger partial charge in [-0.05, 0) is 31.0 Å². The van der Waals surface area contributed by atoms with Crippen LogP contribution < -0.4 is 15.6 Å². The van der Waals surface area contributed by atoms with E-state index in [0.717, 1.165) is 27.6 Å². The van der Waals surface area contributed by atoms with Crippen molar-refractivity contribution in [1.82, 2.24) is 19.7 Å². The Kier molecular flexibility index (Phi) is 5.27. The molecule has 0 aliphatic heterocycles. The lowest BCUT2D eigenvalue weighted by Gasteiger charge is -2.17. The summed E-state index contributed by atoms with van der Waals surface area (Å²) in [5, 5.41) is 8.81. The lowest BCUT2D eigenvalue weighted by Crippen LogP contribution is -2.33. The molecule has 2 aromatic heterocycles. The molecule has 0 saturated heterocycles. The molecule has 1 atom stereocenters. The molecule has 7 heteroatoms. The lowest BCUT2D eigenvalue weighted by atomic mass is 10.1. The summed E-state index contributed by atoms with van der Waals surface area (Å²) in [7, 11) is 3.25. The molecule has 4 aromatic rings. The van der Waals surface area contributed by atoms with Gasteiger partial charge in [0, 0.05) is 24.4 Å². The van der Waals surface area contributed by atoms with Gasteiger partial charge in [-0.15, -0.1) is 0 Å². The number of rotatable bonds is 6. The number of carbonyl (C=O) groups is 1. The minimum atomic E-state index is -0.555. The number of aromatic nitrogens is 3. The van der Waals surface area contributed by atoms with Crippen LogP contribution in [0.5, 0.6) is 5.75 Å². The Labute approximate surface area is 173 Å². The quantitative estimate of drug-likeness (QED) is 0.536. The number of benzene rings is 2. The smallest absolute Gasteiger partial charge is 0.291 e. The molecule has 0 radical (unpaired) electrons. The first-order valence-corrected chi connectivity index (χ1v) is 9.87. The molecular formula is C23H24N4O3. The Hall–Kier alpha value is -3.61. The molecule has 1 amide bonds. The topological polar surface area (TPSA) is 78.2 Å². The minimum Gasteiger partial charge on any atom is -0.496 e. The third-order valence-electron chi connectivity index (χ3n) is 5.46. The molecule has 2 heterocycles. The summed E-state index contributed by atoms with van der Waals surface area (Å²) in [5.74, 6) is 0.657. The predicted molar refractivity (Wildman–Crippen MR) is 117 cm³/mol. The minimum absolute atomic E-state index is 0.147. The summed E-state index contributed by atoms with van der Waals surface area (Å²) >= 11 is 0. The van der Waals surface area contributed by atoms with E-state index in [0.29, 0.717) is 18.5 Å². The zero-order valence-corrected chi connectivity index (χ0v) is 17.3. The molecular weight excluding hydrogens is 380 g/mol. The molecule has 1 N–H and O–H groups in total. The fraction of sp³-hybridized carbons (Fsp3) is 0.261. The van der Waals surface area contributed by atoms with Gasteiger partial charge >= 0.3 is 0 Å². The highest BCUT2D eigenvalue weighted by Gasteiger charge is 2.23. The van der Waals surface area contributed by atoms with Crippen molar-refractivity contribution in [2.45, 2.75) is 19.4 Å². The van der Waals surface area contributed by atoms with E-state index in [9.17, 15) is 9.59 Å². The van der Waals surface area contributed by atoms with Crippen LogP contribution in [0.4, 0.5) is 0 Å². The van der Waals surface area contributed by atoms with Gasteiger partial charge < -0.3 is 14.6 Å². The molecule has 0 aliphatic carbocycles. The average molecular weight is 404 g/mol. The van der Waals surface area contributed by atoms with E-state index < -0.39 is 6.04 Å². The maximum absolute atomic E-state index is 13.0. The highest BCUT2D eigenvalue weighted by Crippen LogP contribution is 2.29. The Balaban J connectivity index is 1.64. The first-order chi connectivity index (χ1) is 14.5. The molecule has 4 rings (SSSR count). The molecule has 0 saturated carbocycles. The van der Waals surface area contributed by atoms with Crippen molar-refractivity contribution in [2.75, 3.05) is 13.7 Å². The average Bonchev–Trinajstić information content (AvgIpc) is 3.11. The number of nitrogens with one attached hydrogen (secondary N) is 1. The van der Waals surface area contributed by atoms with E-state index in [-0.39, 0.29) is 11.5 Å². The second kappa shape index (κ2) is 8.02. The summed E-state index contributed by atoms with van der Waals surface area (Å²) in [6.07, 6.45) is 2.34. The number of aryl methyl sites for hydroxylation is 1. The third-order valence-corrected chi connectivity index (χ3v) is 5.46. The van der Waals surface area contributed by atoms with E-state index in [1.54, 1.807) is 20.4 Å². The summed E-state index contributed by atoms with van der Waals surface area (Å²) in [6.45, 7) is 2.28. The number of fused-ring (bicyclic) bond motifs is 3. The van der Waals surface area contributed by atoms with E-state index in [2.05, 4.69) is 10.4 Å². The van der Waals surface area contributed by atoms with Crippen LogP contribution in [0.3, 0.4) is 0 Å². The van der Waals surface area contributed by atoms with Crippen molar-refractivity contribution in [2.24, 2.45) is 7.05 Å². The van der Waals surface area contributed by atoms with Crippen LogP contribution in [-0.2, 0) is 18.3 Å². The van der Waals surface area contributed by atoms with Crippen molar-refractivity contribution >= 4 is 27.7 Å². The summed E-state index contributed by atoms with van der Waals surface area (Å²) < 4.78 is 8.48. The van der Waals surface area contributed by atoms with Crippen LogP contribution in [0.15, 0.2) is 59.5 Å². The predicted octanol–water partition coefficient (Wildman–Crippen LogP) is 2.82. The Morgan fingerprint density at radius 3 is 2.67 bits per heavy atom. The van der Waals surface area contributed by atoms with Gasteiger partial charge in [0.2, 0.25) is 5.91 Å². The van der Waals surface area contributed by atoms with Crippen molar-refractivity contribution in [3.05, 3.63) is 70.6 Å². The molecule has 154 valence electrons. The summed E-state index contributed by atoms with van der Waals surface area (Å²) in [6, 6.07) is 14.9. The number of para-hydroxylation sites is 2. The molecule has 0 aliphatic rings. The monoisotopic (exact) mass is 404 g/mol. The van der Waals surface area contributed by atoms with Gasteiger partial charge in [-0.3, -0.25) is 9.59 Å². The Bertz CT molecular complexity index is 1290. The van der Waals surface area contributed by atoms with Crippen LogP contribution in [0.2, 0.25) is 0 Å². The first-order valence-electron chi connectivity index (χ1n) is 9.87. The highest BCUT2D eigenvalue weighted by molar-refractivity contribution is 6.08. The number of amides is 1. The van der Waals surface area contributed by atoms with Crippen LogP contribution in [0.1, 0.15) is 18.5 Å². The number of hydrogen-bond donors (Lipinski definition) is 1. The summed E-state index contributed by atoms with van der Waals surface area (Å²) in [5.41, 5.74) is 2.13. The number of hydrogen-bond acceptors (Lipinski definition) is 4. The highest BCUT2D eigenvalue weighted by atomic mass is 16.5. The molecule has 2 aromatic carbocycles. The van der Waals surface area contributed by atoms with Gasteiger partial charge in [0.05, 0.1) is 18.8 Å². The van der Waals surface area contributed by atoms with E-state index >= 15 is 0 Å². The second-order valence-corrected chi connectivity index (χ2v) is 7.25. The fourth-order valence-electron chi connectivity index (χ4n) is 3.89. The molecule has 0 spiro atoms. The summed E-state index contributed by atoms with van der Waals surface area (Å²) in [4.78, 5) is 25.8. The number of methoxy groups -OCH3 is 1. The second-order valence-electron chi connectivity index (χ2n) is 7.25. The van der Waals surface area contributed by atoms with E-state index in [4.69, 9.17) is 4.74 Å². The Morgan fingerprint density at radius 2 is 1.87 bits per heavy atom. The third kappa shape index (κ3) is 3.32. The maximum Gasteiger partial charge on any atom is 0.291 e. The molecule has 30 heavy (non-hydrogen) atoms. The normalized spacial score (nSPS) is 12.2. The maximum atomic E-state index is 13.0. The fourth-order valence-corrected chi connectivity index (χ4v) is 3.89. The van der Waals surface area contributed by atoms with Crippen molar-refractivity contribution in [1.29, 1.82) is 0 Å². The number of nitrogens with zero attached hydrogens (tertiary/aromatic N) is 3. The zero-order valence-electron chi connectivity index (χ0n) is 17.3. The van der Waals surface area contributed by atoms with Crippen molar-refractivity contribution < 1.29 is 9.53 Å². The van der Waals surface area contributed by atoms with Gasteiger partial charge in [-0.1, -0.05) is 36.4 Å². The standard InChI is InChI=1S/C23H24N4O3/c1-15(22(28)24-13-12-16-8-4-7-11-20(16)30-3)27-19-10-6-5-9-17(19)18-14-25-26(2)23(29)21(18)27/h4-11,14-15H,12-13H2,1-3H3,(H,24,28)/t15-/m0/s1. The van der Waals surface area contributed by atoms with Gasteiger partial charge in [-0.25, -0.2) is 4.68 Å². The van der Waals surface area contributed by atoms with Crippen LogP contribution in [0.25, 0.3) is 21.8 Å². The number of carbonyl (C=O) groups excluding carboxylic acids is 1. The largest absolute Gasteiger partial charge is 0.496 e. The van der Waals surface area contributed by atoms with Gasteiger partial charge in [0.1, 0.15) is 17.3 Å². The molecule has 0 fully saturated rings. The molecule has 7 nitrogen and oxygen atoms in total. The van der Waals surface area contributed by atoms with E-state index in [1.807, 2.05) is 60.0 Å².